The molecule has 2 fully saturated rings. The summed E-state index contributed by atoms with van der Waals surface area (Å²) in [5.74, 6) is -55.4. The molecule has 0 aromatic heterocycles. The molecule has 27 N–H and O–H groups in total. The summed E-state index contributed by atoms with van der Waals surface area (Å²) in [4.78, 5) is 130. The number of esters is 9. The van der Waals surface area contributed by atoms with Gasteiger partial charge >= 0.3 is 53.7 Å². The van der Waals surface area contributed by atoms with Crippen molar-refractivity contribution in [3.63, 3.8) is 0 Å². The summed E-state index contributed by atoms with van der Waals surface area (Å²) in [7, 11) is 0. The van der Waals surface area contributed by atoms with E-state index in [1.165, 1.54) is 0 Å². The number of phenols is 26. The molecular weight excluding hydrogens is 1670 g/mol. The fourth-order valence-electron chi connectivity index (χ4n) is 12.2. The number of benzene rings is 9. The molecule has 10 atom stereocenters. The number of carbonyl (C=O) groups is 9. The number of ether oxygens (including phenoxy) is 12. The van der Waals surface area contributed by atoms with E-state index in [1.54, 1.807) is 0 Å². The number of aliphatic hydroxyl groups excluding tert-OH is 1. The largest absolute Gasteiger partial charge is 0.504 e. The molecule has 0 radical (unpaired) electrons. The van der Waals surface area contributed by atoms with Gasteiger partial charge in [0.1, 0.15) is 31.0 Å². The van der Waals surface area contributed by atoms with Gasteiger partial charge in [-0.15, -0.1) is 0 Å². The van der Waals surface area contributed by atoms with Crippen molar-refractivity contribution in [2.75, 3.05) is 13.2 Å². The maximum absolute atomic E-state index is 15.4. The molecule has 48 nitrogen and oxygen atoms in total. The fraction of sp³-hybridized carbons (Fsp3) is 0.160. The molecule has 0 amide bonds. The third-order valence-electron chi connectivity index (χ3n) is 18.3. The van der Waals surface area contributed by atoms with Crippen LogP contribution in [0.25, 0.3) is 11.1 Å². The highest BCUT2D eigenvalue weighted by atomic mass is 16.8. The number of hydrogen-bond acceptors (Lipinski definition) is 48. The van der Waals surface area contributed by atoms with Crippen LogP contribution >= 0.6 is 0 Å². The van der Waals surface area contributed by atoms with Crippen LogP contribution in [0.2, 0.25) is 0 Å². The molecule has 0 saturated carbocycles. The number of rotatable bonds is 17. The third kappa shape index (κ3) is 16.2. The summed E-state index contributed by atoms with van der Waals surface area (Å²) in [5, 5.41) is 288. The van der Waals surface area contributed by atoms with Gasteiger partial charge in [0.05, 0.1) is 44.5 Å². The van der Waals surface area contributed by atoms with Gasteiger partial charge in [-0.05, 0) is 84.9 Å². The first-order valence-corrected chi connectivity index (χ1v) is 34.0. The summed E-state index contributed by atoms with van der Waals surface area (Å²) >= 11 is 0. The van der Waals surface area contributed by atoms with Crippen LogP contribution in [-0.4, -0.2) is 266 Å². The average Bonchev–Trinajstić information content (AvgIpc) is 1.65. The first-order chi connectivity index (χ1) is 57.8. The SMILES string of the molecule is O=C(OCC1O[C@@H](OC(=O)c2cc(O)c(O)c(O)c2)C(OC(=O)c2cc(O)c(O)c(O)c2Oc2cc(C(=O)OC3OC4COC(=O)c5cc(O)c(O)c(O)c5-c5c(cc(O)c(O)c5O)C(=O)O[C@H]4[C@H](OC(=O)c4cc(O)c(O)c(O)c4)[C@@H]3O)cc(O)c2O)[C@@H](OC(=O)c2cc(O)c(O)c(O)c2)[C@@H]1OC(=O)c1cc(O)c(O)c(O)c1)c1cc(O)c(O)c(O)c1. The minimum Gasteiger partial charge on any atom is -0.504 e. The molecule has 4 unspecified atom stereocenters. The lowest BCUT2D eigenvalue weighted by atomic mass is 9.92. The van der Waals surface area contributed by atoms with E-state index in [-0.39, 0.29) is 6.07 Å². The Hall–Kier alpha value is -17.3. The zero-order valence-corrected chi connectivity index (χ0v) is 60.5. The molecule has 9 aromatic carbocycles. The van der Waals surface area contributed by atoms with Gasteiger partial charge in [-0.3, -0.25) is 0 Å². The lowest BCUT2D eigenvalue weighted by Gasteiger charge is -2.44. The third-order valence-corrected chi connectivity index (χ3v) is 18.3. The molecule has 3 aliphatic heterocycles. The number of carbonyl (C=O) groups excluding carboxylic acids is 9. The Kier molecular flexibility index (Phi) is 22.6. The van der Waals surface area contributed by atoms with Crippen LogP contribution in [0.3, 0.4) is 0 Å². The van der Waals surface area contributed by atoms with Crippen LogP contribution in [-0.2, 0) is 52.1 Å². The number of phenolic OH excluding ortho intramolecular Hbond substituents is 26. The number of aromatic hydroxyl groups is 26. The molecule has 9 aromatic rings. The van der Waals surface area contributed by atoms with E-state index in [4.69, 9.17) is 56.8 Å². The fourth-order valence-corrected chi connectivity index (χ4v) is 12.2. The van der Waals surface area contributed by atoms with Gasteiger partial charge in [0.25, 0.3) is 0 Å². The van der Waals surface area contributed by atoms with Crippen LogP contribution in [0.4, 0.5) is 0 Å². The van der Waals surface area contributed by atoms with Gasteiger partial charge in [-0.1, -0.05) is 0 Å². The van der Waals surface area contributed by atoms with Crippen LogP contribution < -0.4 is 4.74 Å². The maximum Gasteiger partial charge on any atom is 0.342 e. The second kappa shape index (κ2) is 32.6. The molecule has 0 spiro atoms. The molecule has 123 heavy (non-hydrogen) atoms. The normalized spacial score (nSPS) is 19.1. The van der Waals surface area contributed by atoms with E-state index >= 15 is 4.79 Å². The first kappa shape index (κ1) is 85.1. The van der Waals surface area contributed by atoms with Gasteiger partial charge in [-0.2, -0.15) is 0 Å². The second-order valence-electron chi connectivity index (χ2n) is 26.2. The Bertz CT molecular complexity index is 5830. The van der Waals surface area contributed by atoms with Gasteiger partial charge in [-0.25, -0.2) is 43.2 Å². The minimum absolute atomic E-state index is 0.121. The van der Waals surface area contributed by atoms with Crippen LogP contribution in [0.5, 0.6) is 161 Å². The monoisotopic (exact) mass is 1720 g/mol. The van der Waals surface area contributed by atoms with Crippen LogP contribution in [0.15, 0.2) is 91.0 Å². The first-order valence-electron chi connectivity index (χ1n) is 34.0. The lowest BCUT2D eigenvalue weighted by molar-refractivity contribution is -0.283. The van der Waals surface area contributed by atoms with E-state index in [2.05, 4.69) is 0 Å². The maximum atomic E-state index is 15.4. The number of fused-ring (bicyclic) bond motifs is 4. The second-order valence-corrected chi connectivity index (χ2v) is 26.2. The smallest absolute Gasteiger partial charge is 0.342 e. The number of cyclic esters (lactones) is 1. The standard InChI is InChI=1S/C75H56O48/c76-27-1-18(2-28(77)46(27)90)65(103)112-16-43-61(117-66(104)19-3-29(78)47(91)30(79)4-19)63(120-68(106)21-7-33(82)49(93)34(83)8-21)64(75(116-43)123-69(107)22-9-35(84)50(94)36(85)10-22)121-73(111)26-15-40(89)54(98)57(101)59(26)114-41-12-23(11-37(86)51(41)95)70(108)122-74-58(102)62(119-67(105)20-5-31(80)48(92)32(81)6-20)60-42(115-74)17-113-71(109)24-13-38(87)52(96)55(99)44(24)45-25(72(110)118-60)14-39(88)53(97)56(45)100/h1-15,42-43,58,60-64,74-102H,16-17H2/t42?,43?,58-,60+,61+,62+,63-,64?,74?,75-/m0/s1. The highest BCUT2D eigenvalue weighted by molar-refractivity contribution is 6.09. The topological polar surface area (TPSA) is 811 Å². The van der Waals surface area contributed by atoms with Crippen molar-refractivity contribution in [3.05, 3.63) is 141 Å². The summed E-state index contributed by atoms with van der Waals surface area (Å²) in [6.07, 6.45) is -27.4. The van der Waals surface area contributed by atoms with E-state index in [0.717, 1.165) is 0 Å². The van der Waals surface area contributed by atoms with Crippen molar-refractivity contribution in [1.82, 2.24) is 0 Å². The highest BCUT2D eigenvalue weighted by Gasteiger charge is 2.57. The van der Waals surface area contributed by atoms with Crippen molar-refractivity contribution in [3.8, 4) is 172 Å². The highest BCUT2D eigenvalue weighted by Crippen LogP contribution is 2.55. The molecular formula is C75H56O48. The van der Waals surface area contributed by atoms with E-state index in [0.29, 0.717) is 84.9 Å². The Morgan fingerprint density at radius 2 is 0.650 bits per heavy atom. The minimum atomic E-state index is -3.04. The number of aliphatic hydroxyl groups is 1. The van der Waals surface area contributed by atoms with Gasteiger partial charge < -0.3 is 195 Å². The molecule has 3 aliphatic rings. The van der Waals surface area contributed by atoms with Gasteiger partial charge in [0.2, 0.25) is 47.4 Å². The van der Waals surface area contributed by atoms with Crippen LogP contribution in [0.1, 0.15) is 93.2 Å². The summed E-state index contributed by atoms with van der Waals surface area (Å²) < 4.78 is 67.3. The predicted octanol–water partition coefficient (Wildman–Crippen LogP) is 2.77. The van der Waals surface area contributed by atoms with Crippen molar-refractivity contribution < 1.29 is 238 Å². The Morgan fingerprint density at radius 3 is 1.08 bits per heavy atom. The van der Waals surface area contributed by atoms with Crippen molar-refractivity contribution >= 4 is 53.7 Å². The number of hydrogen-bond donors (Lipinski definition) is 27. The quantitative estimate of drug-likeness (QED) is 0.0354. The molecule has 48 heteroatoms. The lowest BCUT2D eigenvalue weighted by Crippen LogP contribution is -2.63. The molecule has 644 valence electrons. The van der Waals surface area contributed by atoms with Crippen molar-refractivity contribution in [1.29, 1.82) is 0 Å². The zero-order valence-electron chi connectivity index (χ0n) is 60.5. The molecule has 12 rings (SSSR count). The Labute approximate surface area is 677 Å². The predicted molar refractivity (Wildman–Crippen MR) is 381 cm³/mol. The zero-order chi connectivity index (χ0) is 90.0. The molecule has 0 bridgehead atoms. The Morgan fingerprint density at radius 1 is 0.317 bits per heavy atom. The molecule has 0 aliphatic carbocycles. The van der Waals surface area contributed by atoms with Crippen molar-refractivity contribution in [2.24, 2.45) is 0 Å². The van der Waals surface area contributed by atoms with E-state index in [9.17, 15) is 176 Å². The summed E-state index contributed by atoms with van der Waals surface area (Å²) in [5.41, 5.74) is -12.1. The molecule has 2 saturated heterocycles. The van der Waals surface area contributed by atoms with E-state index in [1.807, 2.05) is 0 Å². The Balaban J connectivity index is 0.939. The van der Waals surface area contributed by atoms with Crippen LogP contribution in [0, 0.1) is 0 Å². The average molecular weight is 1730 g/mol. The van der Waals surface area contributed by atoms with Crippen molar-refractivity contribution in [2.45, 2.75) is 61.4 Å². The van der Waals surface area contributed by atoms with E-state index < -0.39 is 351 Å². The summed E-state index contributed by atoms with van der Waals surface area (Å²) in [6, 6.07) is 5.80. The summed E-state index contributed by atoms with van der Waals surface area (Å²) in [6.45, 7) is -2.92. The van der Waals surface area contributed by atoms with Gasteiger partial charge in [0, 0.05) is 17.2 Å². The molecule has 3 heterocycles. The van der Waals surface area contributed by atoms with Gasteiger partial charge in [0.15, 0.2) is 163 Å².